The first-order valence-electron chi connectivity index (χ1n) is 16.5. The molecule has 0 aromatic heterocycles. The Labute approximate surface area is 263 Å². The Morgan fingerprint density at radius 3 is 2.34 bits per heavy atom. The summed E-state index contributed by atoms with van der Waals surface area (Å²) in [5.41, 5.74) is 2.76. The second kappa shape index (κ2) is 14.7. The molecule has 4 rings (SSSR count). The number of nitrogens with zero attached hydrogens (tertiary/aromatic N) is 3. The molecule has 2 heterocycles. The fourth-order valence-electron chi connectivity index (χ4n) is 6.96. The van der Waals surface area contributed by atoms with E-state index in [2.05, 4.69) is 16.3 Å². The van der Waals surface area contributed by atoms with Gasteiger partial charge in [0.15, 0.2) is 0 Å². The quantitative estimate of drug-likeness (QED) is 0.315. The van der Waals surface area contributed by atoms with Crippen LogP contribution < -0.4 is 5.32 Å². The number of likely N-dealkylation sites (tertiary alicyclic amines) is 2. The Hall–Kier alpha value is -3.20. The number of hydrogen-bond acceptors (Lipinski definition) is 6. The zero-order chi connectivity index (χ0) is 32.1. The van der Waals surface area contributed by atoms with Crippen LogP contribution in [0, 0.1) is 11.8 Å². The zero-order valence-corrected chi connectivity index (χ0v) is 27.7. The summed E-state index contributed by atoms with van der Waals surface area (Å²) in [6, 6.07) is 6.16. The minimum absolute atomic E-state index is 0.0152. The third kappa shape index (κ3) is 7.53. The minimum atomic E-state index is -0.674. The maximum Gasteiger partial charge on any atom is 0.329 e. The smallest absolute Gasteiger partial charge is 0.329 e. The summed E-state index contributed by atoms with van der Waals surface area (Å²) in [5, 5.41) is 3.05. The molecule has 0 radical (unpaired) electrons. The zero-order valence-electron chi connectivity index (χ0n) is 27.7. The van der Waals surface area contributed by atoms with Gasteiger partial charge in [-0.2, -0.15) is 0 Å². The number of esters is 1. The number of piperidine rings is 1. The van der Waals surface area contributed by atoms with E-state index in [4.69, 9.17) is 4.74 Å². The third-order valence-corrected chi connectivity index (χ3v) is 9.66. The molecule has 2 fully saturated rings. The molecule has 242 valence electrons. The average molecular weight is 609 g/mol. The van der Waals surface area contributed by atoms with E-state index in [9.17, 15) is 19.2 Å². The van der Waals surface area contributed by atoms with E-state index >= 15 is 0 Å². The molecule has 44 heavy (non-hydrogen) atoms. The lowest BCUT2D eigenvalue weighted by Crippen LogP contribution is -2.57. The fraction of sp³-hybridized carbons (Fsp3) is 0.657. The predicted octanol–water partition coefficient (Wildman–Crippen LogP) is 4.26. The molecule has 0 spiro atoms. The normalized spacial score (nSPS) is 23.8. The van der Waals surface area contributed by atoms with E-state index in [-0.39, 0.29) is 53.7 Å². The van der Waals surface area contributed by atoms with Gasteiger partial charge in [-0.1, -0.05) is 64.5 Å². The number of rotatable bonds is 10. The predicted molar refractivity (Wildman–Crippen MR) is 171 cm³/mol. The Morgan fingerprint density at radius 1 is 0.955 bits per heavy atom. The second-order valence-corrected chi connectivity index (χ2v) is 13.6. The van der Waals surface area contributed by atoms with Crippen LogP contribution >= 0.6 is 0 Å². The molecule has 2 saturated heterocycles. The van der Waals surface area contributed by atoms with Crippen molar-refractivity contribution in [2.75, 3.05) is 27.2 Å². The maximum atomic E-state index is 13.8. The van der Waals surface area contributed by atoms with Crippen molar-refractivity contribution in [3.05, 3.63) is 47.0 Å². The molecule has 0 saturated carbocycles. The molecule has 2 aliphatic heterocycles. The molecule has 3 aliphatic rings. The van der Waals surface area contributed by atoms with Crippen LogP contribution in [0.15, 0.2) is 35.9 Å². The number of carbonyl (C=O) groups excluding carboxylic acids is 4. The number of hydrogen-bond donors (Lipinski definition) is 1. The highest BCUT2D eigenvalue weighted by atomic mass is 16.5. The molecule has 9 heteroatoms. The highest BCUT2D eigenvalue weighted by Gasteiger charge is 2.39. The molecule has 5 atom stereocenters. The van der Waals surface area contributed by atoms with Crippen LogP contribution in [0.3, 0.4) is 0 Å². The van der Waals surface area contributed by atoms with E-state index in [0.717, 1.165) is 50.6 Å². The van der Waals surface area contributed by atoms with Crippen molar-refractivity contribution in [2.45, 2.75) is 110 Å². The molecular weight excluding hydrogens is 556 g/mol. The largest absolute Gasteiger partial charge is 0.456 e. The van der Waals surface area contributed by atoms with Gasteiger partial charge in [0.05, 0.1) is 12.1 Å². The van der Waals surface area contributed by atoms with Crippen LogP contribution in [-0.4, -0.2) is 89.7 Å². The number of ether oxygens (including phenoxy) is 1. The summed E-state index contributed by atoms with van der Waals surface area (Å²) >= 11 is 0. The first-order chi connectivity index (χ1) is 20.9. The molecule has 1 aromatic carbocycles. The van der Waals surface area contributed by atoms with Crippen molar-refractivity contribution in [3.63, 3.8) is 0 Å². The van der Waals surface area contributed by atoms with Crippen LogP contribution in [0.4, 0.5) is 0 Å². The van der Waals surface area contributed by atoms with E-state index in [0.29, 0.717) is 18.5 Å². The van der Waals surface area contributed by atoms with Gasteiger partial charge in [0, 0.05) is 19.2 Å². The van der Waals surface area contributed by atoms with Gasteiger partial charge in [0.1, 0.15) is 18.2 Å². The highest BCUT2D eigenvalue weighted by molar-refractivity contribution is 5.96. The summed E-state index contributed by atoms with van der Waals surface area (Å²) in [7, 11) is 3.70. The van der Waals surface area contributed by atoms with Gasteiger partial charge in [-0.3, -0.25) is 19.3 Å². The molecule has 0 bridgehead atoms. The van der Waals surface area contributed by atoms with Gasteiger partial charge < -0.3 is 19.9 Å². The fourth-order valence-corrected chi connectivity index (χ4v) is 6.96. The Morgan fingerprint density at radius 2 is 1.66 bits per heavy atom. The van der Waals surface area contributed by atoms with Crippen LogP contribution in [0.25, 0.3) is 0 Å². The van der Waals surface area contributed by atoms with Gasteiger partial charge in [-0.25, -0.2) is 4.79 Å². The summed E-state index contributed by atoms with van der Waals surface area (Å²) in [6.45, 7) is 11.0. The van der Waals surface area contributed by atoms with Crippen molar-refractivity contribution in [3.8, 4) is 0 Å². The summed E-state index contributed by atoms with van der Waals surface area (Å²) < 4.78 is 5.96. The molecular formula is C35H52N4O5. The monoisotopic (exact) mass is 608 g/mol. The van der Waals surface area contributed by atoms with Crippen molar-refractivity contribution < 1.29 is 23.9 Å². The molecule has 9 nitrogen and oxygen atoms in total. The van der Waals surface area contributed by atoms with Crippen LogP contribution in [0.1, 0.15) is 90.4 Å². The van der Waals surface area contributed by atoms with Crippen molar-refractivity contribution >= 4 is 23.7 Å². The first-order valence-corrected chi connectivity index (χ1v) is 16.5. The van der Waals surface area contributed by atoms with Crippen molar-refractivity contribution in [1.82, 2.24) is 20.0 Å². The number of fused-ring (bicyclic) bond motifs is 1. The van der Waals surface area contributed by atoms with Crippen LogP contribution in [-0.2, 0) is 30.3 Å². The standard InChI is InChI=1S/C35H52N4O5/c1-22(2)29(38(7)34(42)31(23(3)4)36-32(40)27-15-10-11-19-37(27)6)21-24(5)33(41)39-20-12-16-28(39)35(43)44-30-18-17-25-13-8-9-14-26(25)30/h8-9,13-14,21-23,27-31H,10-12,15-20H2,1-7H3,(H,36,40)/t27?,28-,29+,30?,31-/m0/s1. The lowest BCUT2D eigenvalue weighted by molar-refractivity contribution is -0.157. The third-order valence-electron chi connectivity index (χ3n) is 9.66. The topological polar surface area (TPSA) is 99.3 Å². The second-order valence-electron chi connectivity index (χ2n) is 13.6. The van der Waals surface area contributed by atoms with Gasteiger partial charge in [-0.05, 0) is 82.0 Å². The average Bonchev–Trinajstić information content (AvgIpc) is 3.65. The Balaban J connectivity index is 1.44. The van der Waals surface area contributed by atoms with Crippen molar-refractivity contribution in [1.29, 1.82) is 0 Å². The summed E-state index contributed by atoms with van der Waals surface area (Å²) in [5.74, 6) is -0.939. The Bertz CT molecular complexity index is 1240. The maximum absolute atomic E-state index is 13.8. The lowest BCUT2D eigenvalue weighted by Gasteiger charge is -2.36. The number of benzene rings is 1. The van der Waals surface area contributed by atoms with Crippen molar-refractivity contribution in [2.24, 2.45) is 11.8 Å². The van der Waals surface area contributed by atoms with Crippen LogP contribution in [0.2, 0.25) is 0 Å². The van der Waals surface area contributed by atoms with E-state index in [1.807, 2.05) is 59.0 Å². The lowest BCUT2D eigenvalue weighted by atomic mass is 9.96. The van der Waals surface area contributed by atoms with Crippen LogP contribution in [0.5, 0.6) is 0 Å². The molecule has 1 aromatic rings. The van der Waals surface area contributed by atoms with E-state index < -0.39 is 12.1 Å². The van der Waals surface area contributed by atoms with E-state index in [1.54, 1.807) is 23.8 Å². The molecule has 1 N–H and O–H groups in total. The van der Waals surface area contributed by atoms with Gasteiger partial charge in [0.2, 0.25) is 17.7 Å². The highest BCUT2D eigenvalue weighted by Crippen LogP contribution is 2.35. The number of carbonyl (C=O) groups is 4. The molecule has 3 amide bonds. The summed E-state index contributed by atoms with van der Waals surface area (Å²) in [6.07, 6.45) is 7.38. The van der Waals surface area contributed by atoms with E-state index in [1.165, 1.54) is 5.56 Å². The van der Waals surface area contributed by atoms with Gasteiger partial charge in [0.25, 0.3) is 0 Å². The number of nitrogens with one attached hydrogen (secondary N) is 1. The number of likely N-dealkylation sites (N-methyl/N-ethyl adjacent to an activating group) is 2. The minimum Gasteiger partial charge on any atom is -0.456 e. The number of aryl methyl sites for hydroxylation is 1. The van der Waals surface area contributed by atoms with Gasteiger partial charge >= 0.3 is 5.97 Å². The molecule has 2 unspecified atom stereocenters. The summed E-state index contributed by atoms with van der Waals surface area (Å²) in [4.78, 5) is 59.4. The Kier molecular flexibility index (Phi) is 11.3. The SMILES string of the molecule is CC(=C[C@H](C(C)C)N(C)C(=O)[C@@H](NC(=O)C1CCCCN1C)C(C)C)C(=O)N1CCC[C@H]1C(=O)OC1CCc2ccccc21. The van der Waals surface area contributed by atoms with Gasteiger partial charge in [-0.15, -0.1) is 0 Å². The number of amides is 3. The first kappa shape index (κ1) is 33.7. The molecule has 1 aliphatic carbocycles.